The molecule has 0 radical (unpaired) electrons. The topological polar surface area (TPSA) is 93.2 Å². The number of carbonyl (C=O) groups is 1. The Balaban J connectivity index is 2.90. The summed E-state index contributed by atoms with van der Waals surface area (Å²) in [6.45, 7) is 0. The van der Waals surface area contributed by atoms with Crippen LogP contribution in [-0.4, -0.2) is 10.9 Å². The van der Waals surface area contributed by atoms with Gasteiger partial charge in [0.1, 0.15) is 6.42 Å². The van der Waals surface area contributed by atoms with Gasteiger partial charge in [-0.1, -0.05) is 12.1 Å². The van der Waals surface area contributed by atoms with Gasteiger partial charge in [0.25, 0.3) is 0 Å². The van der Waals surface area contributed by atoms with Crippen molar-refractivity contribution in [3.8, 4) is 11.8 Å². The van der Waals surface area contributed by atoms with Crippen molar-refractivity contribution in [3.05, 3.63) is 34.4 Å². The summed E-state index contributed by atoms with van der Waals surface area (Å²) in [6, 6.07) is 7.07. The van der Waals surface area contributed by atoms with Gasteiger partial charge in [0, 0.05) is 6.07 Å². The standard InChI is InChI=1S/C9H6N2O4/c10-6-5-9(12)15-8-4-2-1-3-7(8)11(13)14/h1-4H,5H2. The summed E-state index contributed by atoms with van der Waals surface area (Å²) in [4.78, 5) is 20.8. The van der Waals surface area contributed by atoms with Crippen LogP contribution in [-0.2, 0) is 4.79 Å². The number of ether oxygens (including phenoxy) is 1. The highest BCUT2D eigenvalue weighted by atomic mass is 16.6. The monoisotopic (exact) mass is 206 g/mol. The Morgan fingerprint density at radius 2 is 2.20 bits per heavy atom. The number of hydrogen-bond donors (Lipinski definition) is 0. The predicted octanol–water partition coefficient (Wildman–Crippen LogP) is 1.41. The highest BCUT2D eigenvalue weighted by Crippen LogP contribution is 2.25. The van der Waals surface area contributed by atoms with E-state index in [0.29, 0.717) is 0 Å². The lowest BCUT2D eigenvalue weighted by molar-refractivity contribution is -0.385. The SMILES string of the molecule is N#CCC(=O)Oc1ccccc1[N+](=O)[O-]. The van der Waals surface area contributed by atoms with Gasteiger partial charge in [-0.05, 0) is 6.07 Å². The van der Waals surface area contributed by atoms with Crippen LogP contribution >= 0.6 is 0 Å². The zero-order valence-corrected chi connectivity index (χ0v) is 7.54. The zero-order valence-electron chi connectivity index (χ0n) is 7.54. The Bertz CT molecular complexity index is 436. The van der Waals surface area contributed by atoms with E-state index in [9.17, 15) is 14.9 Å². The first kappa shape index (κ1) is 10.7. The van der Waals surface area contributed by atoms with Gasteiger partial charge in [-0.15, -0.1) is 0 Å². The summed E-state index contributed by atoms with van der Waals surface area (Å²) in [5.41, 5.74) is -0.302. The van der Waals surface area contributed by atoms with Crippen LogP contribution in [0.15, 0.2) is 24.3 Å². The zero-order chi connectivity index (χ0) is 11.3. The van der Waals surface area contributed by atoms with Gasteiger partial charge in [-0.2, -0.15) is 5.26 Å². The van der Waals surface area contributed by atoms with Crippen molar-refractivity contribution in [2.24, 2.45) is 0 Å². The summed E-state index contributed by atoms with van der Waals surface area (Å²) in [6.07, 6.45) is -0.438. The molecule has 0 spiro atoms. The quantitative estimate of drug-likeness (QED) is 0.322. The molecule has 0 amide bonds. The normalized spacial score (nSPS) is 9.00. The Kier molecular flexibility index (Phi) is 3.35. The molecular formula is C9H6N2O4. The molecule has 0 N–H and O–H groups in total. The highest BCUT2D eigenvalue weighted by molar-refractivity contribution is 5.75. The second kappa shape index (κ2) is 4.72. The van der Waals surface area contributed by atoms with E-state index in [4.69, 9.17) is 5.26 Å². The maximum atomic E-state index is 10.9. The van der Waals surface area contributed by atoms with E-state index in [1.807, 2.05) is 0 Å². The first-order valence-corrected chi connectivity index (χ1v) is 3.96. The minimum atomic E-state index is -0.813. The van der Waals surface area contributed by atoms with Gasteiger partial charge in [0.05, 0.1) is 11.0 Å². The number of nitro groups is 1. The molecule has 0 aliphatic rings. The fourth-order valence-corrected chi connectivity index (χ4v) is 0.918. The number of nitriles is 1. The second-order valence-corrected chi connectivity index (χ2v) is 2.53. The van der Waals surface area contributed by atoms with E-state index >= 15 is 0 Å². The number of nitro benzene ring substituents is 1. The van der Waals surface area contributed by atoms with Gasteiger partial charge < -0.3 is 4.74 Å². The lowest BCUT2D eigenvalue weighted by Gasteiger charge is -2.01. The van der Waals surface area contributed by atoms with Crippen LogP contribution < -0.4 is 4.74 Å². The molecule has 76 valence electrons. The summed E-state index contributed by atoms with van der Waals surface area (Å²) < 4.78 is 4.64. The first-order valence-electron chi connectivity index (χ1n) is 3.96. The third-order valence-electron chi connectivity index (χ3n) is 1.51. The Morgan fingerprint density at radius 1 is 1.53 bits per heavy atom. The molecule has 0 saturated carbocycles. The van der Waals surface area contributed by atoms with Crippen LogP contribution in [0, 0.1) is 21.4 Å². The van der Waals surface area contributed by atoms with Gasteiger partial charge in [-0.25, -0.2) is 0 Å². The lowest BCUT2D eigenvalue weighted by atomic mass is 10.3. The van der Waals surface area contributed by atoms with Crippen LogP contribution in [0.5, 0.6) is 5.75 Å². The molecule has 0 fully saturated rings. The number of nitrogens with zero attached hydrogens (tertiary/aromatic N) is 2. The van der Waals surface area contributed by atoms with Gasteiger partial charge in [0.15, 0.2) is 0 Å². The molecule has 0 aromatic heterocycles. The van der Waals surface area contributed by atoms with Crippen molar-refractivity contribution in [1.29, 1.82) is 5.26 Å². The third-order valence-corrected chi connectivity index (χ3v) is 1.51. The third kappa shape index (κ3) is 2.77. The lowest BCUT2D eigenvalue weighted by Crippen LogP contribution is -2.07. The van der Waals surface area contributed by atoms with E-state index in [-0.39, 0.29) is 11.4 Å². The molecule has 1 aromatic rings. The molecule has 0 heterocycles. The van der Waals surface area contributed by atoms with Crippen LogP contribution in [0.25, 0.3) is 0 Å². The predicted molar refractivity (Wildman–Crippen MR) is 49.0 cm³/mol. The van der Waals surface area contributed by atoms with E-state index < -0.39 is 17.3 Å². The molecule has 0 bridgehead atoms. The number of benzene rings is 1. The summed E-state index contributed by atoms with van der Waals surface area (Å²) in [7, 11) is 0. The van der Waals surface area contributed by atoms with E-state index in [1.165, 1.54) is 24.3 Å². The molecule has 0 atom stereocenters. The molecule has 1 rings (SSSR count). The summed E-state index contributed by atoms with van der Waals surface area (Å²) >= 11 is 0. The number of para-hydroxylation sites is 2. The average Bonchev–Trinajstić information content (AvgIpc) is 2.18. The van der Waals surface area contributed by atoms with Crippen LogP contribution in [0.2, 0.25) is 0 Å². The van der Waals surface area contributed by atoms with Crippen molar-refractivity contribution in [2.75, 3.05) is 0 Å². The maximum absolute atomic E-state index is 10.9. The van der Waals surface area contributed by atoms with Crippen molar-refractivity contribution in [2.45, 2.75) is 6.42 Å². The molecule has 1 aromatic carbocycles. The molecular weight excluding hydrogens is 200 g/mol. The number of hydrogen-bond acceptors (Lipinski definition) is 5. The van der Waals surface area contributed by atoms with E-state index in [2.05, 4.69) is 4.74 Å². The van der Waals surface area contributed by atoms with Crippen LogP contribution in [0.3, 0.4) is 0 Å². The van der Waals surface area contributed by atoms with Gasteiger partial charge >= 0.3 is 11.7 Å². The molecule has 0 aliphatic carbocycles. The highest BCUT2D eigenvalue weighted by Gasteiger charge is 2.16. The Morgan fingerprint density at radius 3 is 2.80 bits per heavy atom. The number of carbonyl (C=O) groups excluding carboxylic acids is 1. The van der Waals surface area contributed by atoms with Crippen molar-refractivity contribution >= 4 is 11.7 Å². The number of esters is 1. The molecule has 0 aliphatic heterocycles. The van der Waals surface area contributed by atoms with Gasteiger partial charge in [-0.3, -0.25) is 14.9 Å². The largest absolute Gasteiger partial charge is 0.418 e. The summed E-state index contributed by atoms with van der Waals surface area (Å²) in [5.74, 6) is -0.963. The fraction of sp³-hybridized carbons (Fsp3) is 0.111. The van der Waals surface area contributed by atoms with Crippen molar-refractivity contribution in [3.63, 3.8) is 0 Å². The molecule has 15 heavy (non-hydrogen) atoms. The smallest absolute Gasteiger partial charge is 0.325 e. The van der Waals surface area contributed by atoms with Crippen LogP contribution in [0.1, 0.15) is 6.42 Å². The van der Waals surface area contributed by atoms with Crippen molar-refractivity contribution < 1.29 is 14.5 Å². The molecule has 6 nitrogen and oxygen atoms in total. The van der Waals surface area contributed by atoms with E-state index in [0.717, 1.165) is 0 Å². The Labute approximate surface area is 84.8 Å². The molecule has 6 heteroatoms. The number of rotatable bonds is 3. The average molecular weight is 206 g/mol. The maximum Gasteiger partial charge on any atom is 0.325 e. The van der Waals surface area contributed by atoms with Crippen LogP contribution in [0.4, 0.5) is 5.69 Å². The minimum Gasteiger partial charge on any atom is -0.418 e. The van der Waals surface area contributed by atoms with E-state index in [1.54, 1.807) is 6.07 Å². The summed E-state index contributed by atoms with van der Waals surface area (Å²) in [5, 5.41) is 18.7. The van der Waals surface area contributed by atoms with Crippen molar-refractivity contribution in [1.82, 2.24) is 0 Å². The molecule has 0 unspecified atom stereocenters. The van der Waals surface area contributed by atoms with Gasteiger partial charge in [0.2, 0.25) is 5.75 Å². The second-order valence-electron chi connectivity index (χ2n) is 2.53. The fourth-order valence-electron chi connectivity index (χ4n) is 0.918. The Hall–Kier alpha value is -2.42. The first-order chi connectivity index (χ1) is 7.15. The minimum absolute atomic E-state index is 0.150. The molecule has 0 saturated heterocycles.